The maximum absolute atomic E-state index is 12.6. The van der Waals surface area contributed by atoms with Crippen LogP contribution in [-0.2, 0) is 14.4 Å². The molecule has 0 fully saturated rings. The molecule has 1 unspecified atom stereocenters. The van der Waals surface area contributed by atoms with Crippen LogP contribution >= 0.6 is 12.2 Å². The van der Waals surface area contributed by atoms with E-state index in [4.69, 9.17) is 15.6 Å². The molecule has 3 N–H and O–H groups in total. The molecule has 1 atom stereocenters. The number of ether oxygens (including phenoxy) is 1. The van der Waals surface area contributed by atoms with Crippen molar-refractivity contribution in [2.45, 2.75) is 32.1 Å². The Morgan fingerprint density at radius 3 is 2.15 bits per heavy atom. The Kier molecular flexibility index (Phi) is 10.1. The van der Waals surface area contributed by atoms with Crippen molar-refractivity contribution in [2.75, 3.05) is 6.61 Å². The van der Waals surface area contributed by atoms with Gasteiger partial charge in [0.25, 0.3) is 0 Å². The molecular weight excluding hydrogens is 444 g/mol. The lowest BCUT2D eigenvalue weighted by molar-refractivity contribution is -0.144. The summed E-state index contributed by atoms with van der Waals surface area (Å²) in [5.41, 5.74) is 6.67. The number of carboxylic acids is 1. The Morgan fingerprint density at radius 2 is 1.61 bits per heavy atom. The second-order valence-corrected chi connectivity index (χ2v) is 7.52. The van der Waals surface area contributed by atoms with E-state index >= 15 is 0 Å². The number of aliphatic imine (C=N–C) groups is 1. The number of primary amides is 1. The fourth-order valence-corrected chi connectivity index (χ4v) is 3.18. The molecule has 0 bridgehead atoms. The molecule has 0 spiro atoms. The molecule has 1 amide bonds. The number of isothiocyanates is 1. The van der Waals surface area contributed by atoms with Gasteiger partial charge in [-0.05, 0) is 73.6 Å². The molecule has 0 aliphatic heterocycles. The van der Waals surface area contributed by atoms with E-state index in [0.29, 0.717) is 29.0 Å². The number of aliphatic carboxylic acids is 1. The summed E-state index contributed by atoms with van der Waals surface area (Å²) in [5, 5.41) is 11.4. The van der Waals surface area contributed by atoms with E-state index in [0.717, 1.165) is 0 Å². The van der Waals surface area contributed by atoms with Crippen molar-refractivity contribution in [3.63, 3.8) is 0 Å². The first-order valence-corrected chi connectivity index (χ1v) is 10.7. The predicted molar refractivity (Wildman–Crippen MR) is 125 cm³/mol. The summed E-state index contributed by atoms with van der Waals surface area (Å²) in [4.78, 5) is 50.5. The lowest BCUT2D eigenvalue weighted by atomic mass is 9.95. The van der Waals surface area contributed by atoms with E-state index in [1.54, 1.807) is 48.5 Å². The molecule has 9 heteroatoms. The summed E-state index contributed by atoms with van der Waals surface area (Å²) in [6, 6.07) is 13.3. The second-order valence-electron chi connectivity index (χ2n) is 7.34. The van der Waals surface area contributed by atoms with Crippen molar-refractivity contribution < 1.29 is 29.0 Å². The number of carboxylic acid groups (broad SMARTS) is 1. The molecule has 0 saturated carbocycles. The van der Waals surface area contributed by atoms with Crippen molar-refractivity contribution in [3.8, 4) is 5.75 Å². The van der Waals surface area contributed by atoms with Gasteiger partial charge in [0.2, 0.25) is 5.91 Å². The highest BCUT2D eigenvalue weighted by Crippen LogP contribution is 2.19. The van der Waals surface area contributed by atoms with Crippen molar-refractivity contribution in [1.82, 2.24) is 0 Å². The minimum absolute atomic E-state index is 0.0448. The summed E-state index contributed by atoms with van der Waals surface area (Å²) < 4.78 is 5.60. The highest BCUT2D eigenvalue weighted by molar-refractivity contribution is 7.78. The Labute approximate surface area is 196 Å². The number of carbonyl (C=O) groups excluding carboxylic acids is 3. The number of nitrogens with two attached hydrogens (primary N) is 1. The molecule has 0 aromatic heterocycles. The predicted octanol–water partition coefficient (Wildman–Crippen LogP) is 3.74. The molecule has 2 aromatic rings. The Hall–Kier alpha value is -3.68. The molecule has 0 aliphatic carbocycles. The summed E-state index contributed by atoms with van der Waals surface area (Å²) in [5.74, 6) is -2.43. The van der Waals surface area contributed by atoms with Gasteiger partial charge in [-0.1, -0.05) is 0 Å². The first-order valence-electron chi connectivity index (χ1n) is 10.3. The van der Waals surface area contributed by atoms with Gasteiger partial charge in [0.1, 0.15) is 11.5 Å². The topological polar surface area (TPSA) is 136 Å². The van der Waals surface area contributed by atoms with Gasteiger partial charge < -0.3 is 15.6 Å². The van der Waals surface area contributed by atoms with E-state index in [1.165, 1.54) is 0 Å². The number of thiocarbonyl (C=S) groups is 1. The molecule has 2 aromatic carbocycles. The highest BCUT2D eigenvalue weighted by atomic mass is 32.1. The number of amides is 1. The van der Waals surface area contributed by atoms with Gasteiger partial charge in [-0.3, -0.25) is 19.2 Å². The number of rotatable bonds is 14. The van der Waals surface area contributed by atoms with Gasteiger partial charge in [-0.2, -0.15) is 4.99 Å². The molecular formula is C24H24N2O6S. The minimum Gasteiger partial charge on any atom is -0.494 e. The first-order chi connectivity index (χ1) is 15.8. The Morgan fingerprint density at radius 1 is 1.00 bits per heavy atom. The summed E-state index contributed by atoms with van der Waals surface area (Å²) in [7, 11) is 0. The maximum atomic E-state index is 12.6. The quantitative estimate of drug-likeness (QED) is 0.186. The summed E-state index contributed by atoms with van der Waals surface area (Å²) in [6.45, 7) is 0.264. The lowest BCUT2D eigenvalue weighted by Gasteiger charge is -2.11. The van der Waals surface area contributed by atoms with Crippen LogP contribution in [0, 0.1) is 5.92 Å². The Balaban J connectivity index is 1.79. The third-order valence-electron chi connectivity index (χ3n) is 4.85. The van der Waals surface area contributed by atoms with Gasteiger partial charge in [-0.25, -0.2) is 0 Å². The SMILES string of the molecule is NC(=O)CCC(CC(=O)CCCOc1ccc(C(=O)c2ccc(N=C=S)cc2)cc1)C(=O)O. The molecule has 33 heavy (non-hydrogen) atoms. The third kappa shape index (κ3) is 8.76. The van der Waals surface area contributed by atoms with E-state index in [2.05, 4.69) is 22.4 Å². The zero-order chi connectivity index (χ0) is 24.2. The van der Waals surface area contributed by atoms with Gasteiger partial charge in [-0.15, -0.1) is 0 Å². The van der Waals surface area contributed by atoms with Crippen molar-refractivity contribution in [1.29, 1.82) is 0 Å². The fraction of sp³-hybridized carbons (Fsp3) is 0.292. The molecule has 172 valence electrons. The smallest absolute Gasteiger partial charge is 0.306 e. The van der Waals surface area contributed by atoms with Crippen LogP contribution in [0.3, 0.4) is 0 Å². The standard InChI is InChI=1S/C24H24N2O6S/c25-22(28)12-7-18(24(30)31)14-20(27)2-1-13-32-21-10-5-17(6-11-21)23(29)16-3-8-19(9-4-16)26-15-33/h3-6,8-11,18H,1-2,7,12-14H2,(H2,25,28)(H,30,31). The zero-order valence-electron chi connectivity index (χ0n) is 17.9. The first kappa shape index (κ1) is 25.6. The van der Waals surface area contributed by atoms with Crippen LogP contribution in [0.5, 0.6) is 5.75 Å². The van der Waals surface area contributed by atoms with E-state index in [1.807, 2.05) is 0 Å². The monoisotopic (exact) mass is 468 g/mol. The van der Waals surface area contributed by atoms with Crippen molar-refractivity contribution in [3.05, 3.63) is 59.7 Å². The van der Waals surface area contributed by atoms with Crippen LogP contribution in [0.2, 0.25) is 0 Å². The number of hydrogen-bond donors (Lipinski definition) is 2. The highest BCUT2D eigenvalue weighted by Gasteiger charge is 2.21. The van der Waals surface area contributed by atoms with E-state index in [-0.39, 0.29) is 43.9 Å². The number of carbonyl (C=O) groups is 4. The molecule has 2 rings (SSSR count). The van der Waals surface area contributed by atoms with Gasteiger partial charge in [0.05, 0.1) is 23.4 Å². The average Bonchev–Trinajstić information content (AvgIpc) is 2.80. The number of hydrogen-bond acceptors (Lipinski definition) is 7. The van der Waals surface area contributed by atoms with Crippen LogP contribution in [-0.4, -0.2) is 40.3 Å². The molecule has 0 saturated heterocycles. The fourth-order valence-electron chi connectivity index (χ4n) is 3.07. The molecule has 0 radical (unpaired) electrons. The van der Waals surface area contributed by atoms with E-state index in [9.17, 15) is 19.2 Å². The number of ketones is 2. The van der Waals surface area contributed by atoms with Crippen LogP contribution in [0.15, 0.2) is 53.5 Å². The number of nitrogens with zero attached hydrogens (tertiary/aromatic N) is 1. The average molecular weight is 469 g/mol. The number of benzene rings is 2. The molecule has 8 nitrogen and oxygen atoms in total. The minimum atomic E-state index is -1.12. The van der Waals surface area contributed by atoms with E-state index < -0.39 is 17.8 Å². The van der Waals surface area contributed by atoms with Crippen LogP contribution < -0.4 is 10.5 Å². The summed E-state index contributed by atoms with van der Waals surface area (Å²) in [6.07, 6.45) is 0.416. The largest absolute Gasteiger partial charge is 0.494 e. The van der Waals surface area contributed by atoms with Gasteiger partial charge >= 0.3 is 5.97 Å². The van der Waals surface area contributed by atoms with Crippen LogP contribution in [0.25, 0.3) is 0 Å². The second kappa shape index (κ2) is 13.0. The maximum Gasteiger partial charge on any atom is 0.306 e. The molecule has 0 aliphatic rings. The van der Waals surface area contributed by atoms with Gasteiger partial charge in [0.15, 0.2) is 5.78 Å². The third-order valence-corrected chi connectivity index (χ3v) is 4.94. The lowest BCUT2D eigenvalue weighted by Crippen LogP contribution is -2.21. The molecule has 0 heterocycles. The normalized spacial score (nSPS) is 11.2. The van der Waals surface area contributed by atoms with Gasteiger partial charge in [0, 0.05) is 30.4 Å². The number of Topliss-reactive ketones (excluding diaryl/α,β-unsaturated/α-hetero) is 1. The Bertz CT molecular complexity index is 1040. The van der Waals surface area contributed by atoms with Crippen molar-refractivity contribution in [2.24, 2.45) is 16.6 Å². The van der Waals surface area contributed by atoms with Crippen LogP contribution in [0.1, 0.15) is 48.0 Å². The van der Waals surface area contributed by atoms with Crippen molar-refractivity contribution >= 4 is 46.5 Å². The summed E-state index contributed by atoms with van der Waals surface area (Å²) >= 11 is 4.55. The zero-order valence-corrected chi connectivity index (χ0v) is 18.7. The van der Waals surface area contributed by atoms with Crippen LogP contribution in [0.4, 0.5) is 5.69 Å².